The zero-order valence-corrected chi connectivity index (χ0v) is 11.9. The third-order valence-electron chi connectivity index (χ3n) is 2.36. The Morgan fingerprint density at radius 2 is 2.15 bits per heavy atom. The third-order valence-corrected chi connectivity index (χ3v) is 2.55. The number of H-pyrrole nitrogens is 1. The summed E-state index contributed by atoms with van der Waals surface area (Å²) >= 11 is 5.78. The molecule has 106 valence electrons. The van der Waals surface area contributed by atoms with E-state index >= 15 is 0 Å². The van der Waals surface area contributed by atoms with E-state index in [2.05, 4.69) is 30.5 Å². The van der Waals surface area contributed by atoms with E-state index in [9.17, 15) is 4.79 Å². The molecular formula is C11H13ClN6O2. The summed E-state index contributed by atoms with van der Waals surface area (Å²) in [5, 5.41) is 9.14. The zero-order valence-electron chi connectivity index (χ0n) is 11.1. The minimum atomic E-state index is -0.530. The number of nitrogens with zero attached hydrogens (tertiary/aromatic N) is 4. The first-order valence-electron chi connectivity index (χ1n) is 5.82. The summed E-state index contributed by atoms with van der Waals surface area (Å²) in [6.07, 6.45) is 0. The van der Waals surface area contributed by atoms with Crippen molar-refractivity contribution in [1.82, 2.24) is 25.1 Å². The van der Waals surface area contributed by atoms with Gasteiger partial charge in [-0.2, -0.15) is 4.98 Å². The predicted molar refractivity (Wildman–Crippen MR) is 72.0 cm³/mol. The Morgan fingerprint density at radius 1 is 1.40 bits per heavy atom. The van der Waals surface area contributed by atoms with Crippen LogP contribution >= 0.6 is 11.6 Å². The number of carbonyl (C=O) groups is 1. The van der Waals surface area contributed by atoms with Gasteiger partial charge in [-0.3, -0.25) is 15.2 Å². The Morgan fingerprint density at radius 3 is 2.75 bits per heavy atom. The van der Waals surface area contributed by atoms with Gasteiger partial charge in [-0.1, -0.05) is 25.4 Å². The van der Waals surface area contributed by atoms with Crippen LogP contribution in [0.1, 0.15) is 36.2 Å². The van der Waals surface area contributed by atoms with E-state index in [0.717, 1.165) is 0 Å². The van der Waals surface area contributed by atoms with E-state index in [1.165, 1.54) is 13.2 Å². The lowest BCUT2D eigenvalue weighted by Gasteiger charge is -2.04. The van der Waals surface area contributed by atoms with Crippen LogP contribution in [0.3, 0.4) is 0 Å². The molecule has 2 rings (SSSR count). The highest BCUT2D eigenvalue weighted by Crippen LogP contribution is 2.16. The molecule has 20 heavy (non-hydrogen) atoms. The van der Waals surface area contributed by atoms with Crippen LogP contribution in [0.4, 0.5) is 5.95 Å². The second kappa shape index (κ2) is 5.83. The molecular weight excluding hydrogens is 284 g/mol. The van der Waals surface area contributed by atoms with Crippen molar-refractivity contribution in [2.45, 2.75) is 19.8 Å². The van der Waals surface area contributed by atoms with Crippen molar-refractivity contribution in [1.29, 1.82) is 0 Å². The van der Waals surface area contributed by atoms with Gasteiger partial charge < -0.3 is 4.74 Å². The fourth-order valence-corrected chi connectivity index (χ4v) is 1.52. The van der Waals surface area contributed by atoms with E-state index < -0.39 is 5.91 Å². The maximum absolute atomic E-state index is 11.9. The molecule has 8 nitrogen and oxygen atoms in total. The maximum Gasteiger partial charge on any atom is 0.297 e. The average molecular weight is 297 g/mol. The molecule has 0 saturated carbocycles. The molecule has 0 radical (unpaired) electrons. The van der Waals surface area contributed by atoms with E-state index in [0.29, 0.717) is 5.82 Å². The summed E-state index contributed by atoms with van der Waals surface area (Å²) in [5.41, 5.74) is 0. The number of aromatic nitrogens is 5. The normalized spacial score (nSPS) is 10.7. The van der Waals surface area contributed by atoms with E-state index in [-0.39, 0.29) is 28.7 Å². The molecule has 2 aromatic heterocycles. The van der Waals surface area contributed by atoms with Gasteiger partial charge in [0.05, 0.1) is 7.11 Å². The third kappa shape index (κ3) is 3.21. The summed E-state index contributed by atoms with van der Waals surface area (Å²) < 4.78 is 4.93. The van der Waals surface area contributed by atoms with Gasteiger partial charge in [-0.05, 0) is 0 Å². The van der Waals surface area contributed by atoms with Gasteiger partial charge in [-0.25, -0.2) is 9.97 Å². The minimum Gasteiger partial charge on any atom is -0.481 e. The Bertz CT molecular complexity index is 627. The number of hydrogen-bond acceptors (Lipinski definition) is 6. The Kier molecular flexibility index (Phi) is 4.14. The monoisotopic (exact) mass is 296 g/mol. The maximum atomic E-state index is 11.9. The first kappa shape index (κ1) is 14.2. The zero-order chi connectivity index (χ0) is 14.7. The van der Waals surface area contributed by atoms with E-state index in [4.69, 9.17) is 16.3 Å². The van der Waals surface area contributed by atoms with Crippen molar-refractivity contribution in [3.8, 4) is 5.88 Å². The number of ether oxygens (including phenoxy) is 1. The standard InChI is InChI=1S/C11H13ClN6O2/c1-5(2)8-15-9(18-17-8)10(19)16-11-13-6(12)4-7(14-11)20-3/h4-5H,1-3H3,(H,15,17,18)(H,13,14,16,19). The van der Waals surface area contributed by atoms with Crippen molar-refractivity contribution in [3.63, 3.8) is 0 Å². The summed E-state index contributed by atoms with van der Waals surface area (Å²) in [5.74, 6) is 0.522. The fourth-order valence-electron chi connectivity index (χ4n) is 1.35. The predicted octanol–water partition coefficient (Wildman–Crippen LogP) is 1.63. The molecule has 0 aromatic carbocycles. The number of amides is 1. The molecule has 0 fully saturated rings. The molecule has 0 aliphatic rings. The molecule has 0 spiro atoms. The highest BCUT2D eigenvalue weighted by Gasteiger charge is 2.16. The van der Waals surface area contributed by atoms with Crippen molar-refractivity contribution in [2.75, 3.05) is 12.4 Å². The van der Waals surface area contributed by atoms with Gasteiger partial charge in [0.1, 0.15) is 11.0 Å². The molecule has 2 heterocycles. The van der Waals surface area contributed by atoms with Gasteiger partial charge in [-0.15, -0.1) is 5.10 Å². The van der Waals surface area contributed by atoms with Gasteiger partial charge in [0.2, 0.25) is 17.7 Å². The lowest BCUT2D eigenvalue weighted by Crippen LogP contribution is -2.16. The smallest absolute Gasteiger partial charge is 0.297 e. The summed E-state index contributed by atoms with van der Waals surface area (Å²) in [7, 11) is 1.44. The molecule has 0 aliphatic heterocycles. The van der Waals surface area contributed by atoms with Crippen molar-refractivity contribution < 1.29 is 9.53 Å². The van der Waals surface area contributed by atoms with Crippen molar-refractivity contribution in [2.24, 2.45) is 0 Å². The summed E-state index contributed by atoms with van der Waals surface area (Å²) in [4.78, 5) is 23.8. The second-order valence-corrected chi connectivity index (χ2v) is 4.60. The van der Waals surface area contributed by atoms with Crippen LogP contribution in [0.5, 0.6) is 5.88 Å². The Balaban J connectivity index is 2.16. The van der Waals surface area contributed by atoms with Gasteiger partial charge in [0.25, 0.3) is 5.91 Å². The lowest BCUT2D eigenvalue weighted by molar-refractivity contribution is 0.101. The molecule has 2 aromatic rings. The van der Waals surface area contributed by atoms with Crippen LogP contribution in [0.25, 0.3) is 0 Å². The van der Waals surface area contributed by atoms with Crippen LogP contribution < -0.4 is 10.1 Å². The average Bonchev–Trinajstić information content (AvgIpc) is 2.87. The van der Waals surface area contributed by atoms with Crippen LogP contribution in [-0.2, 0) is 0 Å². The van der Waals surface area contributed by atoms with Gasteiger partial charge in [0, 0.05) is 12.0 Å². The number of anilines is 1. The number of hydrogen-bond donors (Lipinski definition) is 2. The van der Waals surface area contributed by atoms with Crippen LogP contribution in [0.2, 0.25) is 5.15 Å². The number of nitrogens with one attached hydrogen (secondary N) is 2. The van der Waals surface area contributed by atoms with Gasteiger partial charge >= 0.3 is 0 Å². The SMILES string of the molecule is COc1cc(Cl)nc(NC(=O)c2n[nH]c(C(C)C)n2)n1. The van der Waals surface area contributed by atoms with Crippen molar-refractivity contribution in [3.05, 3.63) is 22.9 Å². The Hall–Kier alpha value is -2.22. The number of carbonyl (C=O) groups excluding carboxylic acids is 1. The first-order chi connectivity index (χ1) is 9.49. The highest BCUT2D eigenvalue weighted by atomic mass is 35.5. The minimum absolute atomic E-state index is 0.0104. The molecule has 0 saturated heterocycles. The molecule has 0 bridgehead atoms. The number of aromatic amines is 1. The van der Waals surface area contributed by atoms with Crippen LogP contribution in [0, 0.1) is 0 Å². The molecule has 2 N–H and O–H groups in total. The molecule has 1 amide bonds. The largest absolute Gasteiger partial charge is 0.481 e. The fraction of sp³-hybridized carbons (Fsp3) is 0.364. The summed E-state index contributed by atoms with van der Waals surface area (Å²) in [6, 6.07) is 1.43. The molecule has 9 heteroatoms. The number of halogens is 1. The summed E-state index contributed by atoms with van der Waals surface area (Å²) in [6.45, 7) is 3.88. The van der Waals surface area contributed by atoms with Crippen molar-refractivity contribution >= 4 is 23.5 Å². The number of rotatable bonds is 4. The molecule has 0 aliphatic carbocycles. The van der Waals surface area contributed by atoms with Crippen LogP contribution in [-0.4, -0.2) is 38.2 Å². The first-order valence-corrected chi connectivity index (χ1v) is 6.19. The Labute approximate surface area is 119 Å². The molecule has 0 atom stereocenters. The topological polar surface area (TPSA) is 106 Å². The number of methoxy groups -OCH3 is 1. The molecule has 0 unspecified atom stereocenters. The van der Waals surface area contributed by atoms with Crippen LogP contribution in [0.15, 0.2) is 6.07 Å². The quantitative estimate of drug-likeness (QED) is 0.831. The van der Waals surface area contributed by atoms with Gasteiger partial charge in [0.15, 0.2) is 0 Å². The van der Waals surface area contributed by atoms with E-state index in [1.807, 2.05) is 13.8 Å². The highest BCUT2D eigenvalue weighted by molar-refractivity contribution is 6.29. The van der Waals surface area contributed by atoms with E-state index in [1.54, 1.807) is 0 Å². The second-order valence-electron chi connectivity index (χ2n) is 4.21. The lowest BCUT2D eigenvalue weighted by atomic mass is 10.2.